The van der Waals surface area contributed by atoms with Crippen molar-refractivity contribution >= 4 is 12.0 Å². The molecule has 136 valence electrons. The average Bonchev–Trinajstić information content (AvgIpc) is 2.65. The van der Waals surface area contributed by atoms with Crippen molar-refractivity contribution in [2.45, 2.75) is 6.42 Å². The lowest BCUT2D eigenvalue weighted by Crippen LogP contribution is -2.45. The topological polar surface area (TPSA) is 54.0 Å². The minimum atomic E-state index is -0.0492. The molecule has 2 aliphatic rings. The van der Waals surface area contributed by atoms with Gasteiger partial charge < -0.3 is 24.6 Å². The summed E-state index contributed by atoms with van der Waals surface area (Å²) < 4.78 is 10.9. The van der Waals surface area contributed by atoms with Crippen molar-refractivity contribution in [1.29, 1.82) is 0 Å². The third-order valence-corrected chi connectivity index (χ3v) is 4.75. The third-order valence-electron chi connectivity index (χ3n) is 4.75. The number of likely N-dealkylation sites (N-methyl/N-ethyl adjacent to an activating group) is 1. The first-order valence-corrected chi connectivity index (χ1v) is 8.86. The van der Waals surface area contributed by atoms with E-state index < -0.39 is 0 Å². The number of benzene rings is 1. The van der Waals surface area contributed by atoms with Crippen molar-refractivity contribution in [3.8, 4) is 11.5 Å². The van der Waals surface area contributed by atoms with Gasteiger partial charge in [0, 0.05) is 38.3 Å². The zero-order chi connectivity index (χ0) is 17.6. The van der Waals surface area contributed by atoms with Gasteiger partial charge in [-0.25, -0.2) is 0 Å². The maximum atomic E-state index is 12.3. The molecule has 3 rings (SSSR count). The molecule has 0 bridgehead atoms. The second-order valence-electron chi connectivity index (χ2n) is 6.62. The number of piperazine rings is 1. The molecule has 1 saturated heterocycles. The summed E-state index contributed by atoms with van der Waals surface area (Å²) in [5.41, 5.74) is 1.54. The van der Waals surface area contributed by atoms with Crippen LogP contribution in [0.2, 0.25) is 0 Å². The van der Waals surface area contributed by atoms with Crippen LogP contribution >= 0.6 is 0 Å². The van der Waals surface area contributed by atoms with E-state index in [9.17, 15) is 4.79 Å². The highest BCUT2D eigenvalue weighted by Gasteiger charge is 2.18. The van der Waals surface area contributed by atoms with E-state index in [1.54, 1.807) is 7.11 Å². The average molecular weight is 345 g/mol. The van der Waals surface area contributed by atoms with Crippen molar-refractivity contribution in [3.63, 3.8) is 0 Å². The van der Waals surface area contributed by atoms with E-state index in [1.807, 2.05) is 24.3 Å². The molecule has 0 spiro atoms. The van der Waals surface area contributed by atoms with Crippen LogP contribution in [-0.2, 0) is 4.79 Å². The molecule has 1 aromatic carbocycles. The first kappa shape index (κ1) is 17.8. The number of fused-ring (bicyclic) bond motifs is 1. The molecule has 6 nitrogen and oxygen atoms in total. The van der Waals surface area contributed by atoms with Gasteiger partial charge in [0.1, 0.15) is 18.1 Å². The van der Waals surface area contributed by atoms with E-state index in [4.69, 9.17) is 9.47 Å². The summed E-state index contributed by atoms with van der Waals surface area (Å²) in [5, 5.41) is 3.00. The number of amides is 1. The molecule has 0 unspecified atom stereocenters. The normalized spacial score (nSPS) is 18.1. The van der Waals surface area contributed by atoms with Crippen LogP contribution in [0, 0.1) is 0 Å². The molecule has 2 aliphatic heterocycles. The number of methoxy groups -OCH3 is 1. The zero-order valence-corrected chi connectivity index (χ0v) is 15.1. The van der Waals surface area contributed by atoms with Crippen LogP contribution in [0.3, 0.4) is 0 Å². The summed E-state index contributed by atoms with van der Waals surface area (Å²) in [4.78, 5) is 17.1. The lowest BCUT2D eigenvalue weighted by Gasteiger charge is -2.32. The standard InChI is InChI=1S/C19H27N3O3/c1-21-8-10-22(11-9-21)7-3-6-20-19(23)16-12-15-13-17(24-2)4-5-18(15)25-14-16/h4-5,12-13H,3,6-11,14H2,1-2H3,(H,20,23). The number of carbonyl (C=O) groups excluding carboxylic acids is 1. The van der Waals surface area contributed by atoms with Crippen molar-refractivity contribution < 1.29 is 14.3 Å². The van der Waals surface area contributed by atoms with Gasteiger partial charge >= 0.3 is 0 Å². The highest BCUT2D eigenvalue weighted by molar-refractivity contribution is 5.99. The second-order valence-corrected chi connectivity index (χ2v) is 6.62. The number of carbonyl (C=O) groups is 1. The number of hydrogen-bond donors (Lipinski definition) is 1. The lowest BCUT2D eigenvalue weighted by atomic mass is 10.1. The van der Waals surface area contributed by atoms with Crippen LogP contribution in [0.5, 0.6) is 11.5 Å². The van der Waals surface area contributed by atoms with Gasteiger partial charge in [0.25, 0.3) is 5.91 Å². The summed E-state index contributed by atoms with van der Waals surface area (Å²) in [6, 6.07) is 5.61. The quantitative estimate of drug-likeness (QED) is 0.786. The number of rotatable bonds is 6. The van der Waals surface area contributed by atoms with Crippen molar-refractivity contribution in [2.75, 3.05) is 60.0 Å². The predicted molar refractivity (Wildman–Crippen MR) is 98.0 cm³/mol. The smallest absolute Gasteiger partial charge is 0.250 e. The maximum Gasteiger partial charge on any atom is 0.250 e. The third kappa shape index (κ3) is 4.74. The molecule has 1 fully saturated rings. The fourth-order valence-corrected chi connectivity index (χ4v) is 3.10. The summed E-state index contributed by atoms with van der Waals surface area (Å²) in [6.07, 6.45) is 2.85. The van der Waals surface area contributed by atoms with Crippen LogP contribution in [0.4, 0.5) is 0 Å². The molecule has 1 amide bonds. The van der Waals surface area contributed by atoms with E-state index in [2.05, 4.69) is 22.2 Å². The molecule has 0 aromatic heterocycles. The van der Waals surface area contributed by atoms with Gasteiger partial charge in [0.2, 0.25) is 0 Å². The van der Waals surface area contributed by atoms with Gasteiger partial charge in [-0.15, -0.1) is 0 Å². The Morgan fingerprint density at radius 3 is 2.84 bits per heavy atom. The SMILES string of the molecule is COc1ccc2c(c1)C=C(C(=O)NCCCN1CCN(C)CC1)CO2. The molecule has 0 aliphatic carbocycles. The van der Waals surface area contributed by atoms with Crippen LogP contribution in [0.1, 0.15) is 12.0 Å². The van der Waals surface area contributed by atoms with Gasteiger partial charge in [-0.3, -0.25) is 4.79 Å². The molecule has 0 radical (unpaired) electrons. The van der Waals surface area contributed by atoms with Gasteiger partial charge in [-0.2, -0.15) is 0 Å². The van der Waals surface area contributed by atoms with Crippen LogP contribution < -0.4 is 14.8 Å². The van der Waals surface area contributed by atoms with Gasteiger partial charge in [0.05, 0.1) is 12.7 Å². The van der Waals surface area contributed by atoms with Crippen molar-refractivity contribution in [1.82, 2.24) is 15.1 Å². The Labute approximate surface area is 149 Å². The van der Waals surface area contributed by atoms with E-state index >= 15 is 0 Å². The Morgan fingerprint density at radius 2 is 2.08 bits per heavy atom. The number of ether oxygens (including phenoxy) is 2. The van der Waals surface area contributed by atoms with E-state index in [0.717, 1.165) is 56.2 Å². The highest BCUT2D eigenvalue weighted by atomic mass is 16.5. The van der Waals surface area contributed by atoms with E-state index in [1.165, 1.54) is 0 Å². The minimum absolute atomic E-state index is 0.0492. The van der Waals surface area contributed by atoms with Crippen LogP contribution in [0.25, 0.3) is 6.08 Å². The monoisotopic (exact) mass is 345 g/mol. The Kier molecular flexibility index (Phi) is 5.94. The number of nitrogens with zero attached hydrogens (tertiary/aromatic N) is 2. The molecule has 25 heavy (non-hydrogen) atoms. The van der Waals surface area contributed by atoms with E-state index in [-0.39, 0.29) is 5.91 Å². The molecule has 1 aromatic rings. The fraction of sp³-hybridized carbons (Fsp3) is 0.526. The number of hydrogen-bond acceptors (Lipinski definition) is 5. The lowest BCUT2D eigenvalue weighted by molar-refractivity contribution is -0.117. The predicted octanol–water partition coefficient (Wildman–Crippen LogP) is 1.22. The minimum Gasteiger partial charge on any atom is -0.497 e. The highest BCUT2D eigenvalue weighted by Crippen LogP contribution is 2.29. The Balaban J connectivity index is 1.46. The second kappa shape index (κ2) is 8.36. The molecular weight excluding hydrogens is 318 g/mol. The first-order chi connectivity index (χ1) is 12.2. The summed E-state index contributed by atoms with van der Waals surface area (Å²) >= 11 is 0. The largest absolute Gasteiger partial charge is 0.497 e. The van der Waals surface area contributed by atoms with Crippen LogP contribution in [-0.4, -0.2) is 75.7 Å². The molecule has 6 heteroatoms. The van der Waals surface area contributed by atoms with Crippen molar-refractivity contribution in [3.05, 3.63) is 29.3 Å². The first-order valence-electron chi connectivity index (χ1n) is 8.86. The maximum absolute atomic E-state index is 12.3. The summed E-state index contributed by atoms with van der Waals surface area (Å²) in [7, 11) is 3.79. The van der Waals surface area contributed by atoms with Gasteiger partial charge in [-0.1, -0.05) is 0 Å². The molecule has 1 N–H and O–H groups in total. The van der Waals surface area contributed by atoms with Crippen LogP contribution in [0.15, 0.2) is 23.8 Å². The summed E-state index contributed by atoms with van der Waals surface area (Å²) in [6.45, 7) is 6.50. The Bertz CT molecular complexity index is 637. The fourth-order valence-electron chi connectivity index (χ4n) is 3.10. The van der Waals surface area contributed by atoms with E-state index in [0.29, 0.717) is 18.7 Å². The molecular formula is C19H27N3O3. The molecule has 0 atom stereocenters. The number of nitrogens with one attached hydrogen (secondary N) is 1. The van der Waals surface area contributed by atoms with Gasteiger partial charge in [-0.05, 0) is 44.3 Å². The summed E-state index contributed by atoms with van der Waals surface area (Å²) in [5.74, 6) is 1.49. The Morgan fingerprint density at radius 1 is 1.28 bits per heavy atom. The van der Waals surface area contributed by atoms with Gasteiger partial charge in [0.15, 0.2) is 0 Å². The Hall–Kier alpha value is -2.05. The molecule has 0 saturated carbocycles. The zero-order valence-electron chi connectivity index (χ0n) is 15.1. The molecule has 2 heterocycles. The van der Waals surface area contributed by atoms with Crippen molar-refractivity contribution in [2.24, 2.45) is 0 Å².